The molecular formula is C16H28N2O3. The van der Waals surface area contributed by atoms with E-state index in [-0.39, 0.29) is 6.03 Å². The number of carboxylic acid groups (broad SMARTS) is 1. The number of carboxylic acids is 1. The number of hydrogen-bond donors (Lipinski definition) is 2. The summed E-state index contributed by atoms with van der Waals surface area (Å²) in [5.74, 6) is -0.482. The van der Waals surface area contributed by atoms with Crippen LogP contribution in [0.15, 0.2) is 0 Å². The lowest BCUT2D eigenvalue weighted by Gasteiger charge is -2.33. The molecule has 0 saturated heterocycles. The molecule has 2 aliphatic rings. The van der Waals surface area contributed by atoms with Crippen molar-refractivity contribution >= 4 is 12.0 Å². The lowest BCUT2D eigenvalue weighted by molar-refractivity contribution is -0.145. The molecule has 0 bridgehead atoms. The van der Waals surface area contributed by atoms with Crippen LogP contribution in [0.25, 0.3) is 0 Å². The second-order valence-corrected chi connectivity index (χ2v) is 7.01. The van der Waals surface area contributed by atoms with Gasteiger partial charge in [-0.25, -0.2) is 9.59 Å². The van der Waals surface area contributed by atoms with Gasteiger partial charge in [-0.15, -0.1) is 0 Å². The monoisotopic (exact) mass is 296 g/mol. The molecule has 120 valence electrons. The maximum atomic E-state index is 12.6. The van der Waals surface area contributed by atoms with Gasteiger partial charge in [0.1, 0.15) is 5.54 Å². The average molecular weight is 296 g/mol. The Morgan fingerprint density at radius 2 is 1.76 bits per heavy atom. The van der Waals surface area contributed by atoms with Crippen molar-refractivity contribution in [1.29, 1.82) is 0 Å². The number of nitrogens with one attached hydrogen (secondary N) is 1. The molecule has 2 amide bonds. The molecule has 2 rings (SSSR count). The molecule has 0 heterocycles. The fourth-order valence-corrected chi connectivity index (χ4v) is 3.18. The zero-order valence-corrected chi connectivity index (χ0v) is 13.2. The lowest BCUT2D eigenvalue weighted by Crippen LogP contribution is -2.58. The summed E-state index contributed by atoms with van der Waals surface area (Å²) in [6, 6.07) is 0.125. The smallest absolute Gasteiger partial charge is 0.329 e. The van der Waals surface area contributed by atoms with Crippen LogP contribution < -0.4 is 5.32 Å². The van der Waals surface area contributed by atoms with E-state index < -0.39 is 11.5 Å². The van der Waals surface area contributed by atoms with E-state index >= 15 is 0 Å². The first-order valence-corrected chi connectivity index (χ1v) is 8.27. The van der Waals surface area contributed by atoms with Crippen LogP contribution >= 0.6 is 0 Å². The molecule has 5 heteroatoms. The van der Waals surface area contributed by atoms with Crippen LogP contribution in [0.2, 0.25) is 0 Å². The minimum absolute atomic E-state index is 0.185. The molecule has 2 aliphatic carbocycles. The van der Waals surface area contributed by atoms with Crippen molar-refractivity contribution in [3.8, 4) is 0 Å². The number of amides is 2. The Morgan fingerprint density at radius 3 is 2.19 bits per heavy atom. The molecule has 5 nitrogen and oxygen atoms in total. The quantitative estimate of drug-likeness (QED) is 0.766. The molecule has 2 saturated carbocycles. The molecule has 0 radical (unpaired) electrons. The summed E-state index contributed by atoms with van der Waals surface area (Å²) < 4.78 is 0. The van der Waals surface area contributed by atoms with Crippen molar-refractivity contribution in [3.05, 3.63) is 0 Å². The zero-order chi connectivity index (χ0) is 15.5. The van der Waals surface area contributed by atoms with Gasteiger partial charge in [0.15, 0.2) is 0 Å². The van der Waals surface area contributed by atoms with Crippen molar-refractivity contribution < 1.29 is 14.7 Å². The van der Waals surface area contributed by atoms with E-state index in [1.54, 1.807) is 0 Å². The SMILES string of the molecule is CC(C)CN(C(=O)NC1(C(=O)O)CCCCCC1)C1CC1. The first kappa shape index (κ1) is 16.1. The summed E-state index contributed by atoms with van der Waals surface area (Å²) in [6.45, 7) is 4.87. The molecule has 0 atom stereocenters. The van der Waals surface area contributed by atoms with Gasteiger partial charge >= 0.3 is 12.0 Å². The summed E-state index contributed by atoms with van der Waals surface area (Å²) >= 11 is 0. The Bertz CT molecular complexity index is 383. The van der Waals surface area contributed by atoms with Gasteiger partial charge in [0.2, 0.25) is 0 Å². The van der Waals surface area contributed by atoms with Crippen LogP contribution in [0.1, 0.15) is 65.2 Å². The minimum Gasteiger partial charge on any atom is -0.480 e. The first-order chi connectivity index (χ1) is 9.94. The minimum atomic E-state index is -1.06. The number of rotatable bonds is 5. The van der Waals surface area contributed by atoms with Crippen molar-refractivity contribution in [3.63, 3.8) is 0 Å². The van der Waals surface area contributed by atoms with Crippen LogP contribution in [0.4, 0.5) is 4.79 Å². The van der Waals surface area contributed by atoms with Crippen LogP contribution in [0, 0.1) is 5.92 Å². The second kappa shape index (κ2) is 6.67. The Labute approximate surface area is 127 Å². The van der Waals surface area contributed by atoms with Gasteiger partial charge in [-0.1, -0.05) is 39.5 Å². The van der Waals surface area contributed by atoms with Crippen molar-refractivity contribution in [2.75, 3.05) is 6.54 Å². The van der Waals surface area contributed by atoms with Gasteiger partial charge in [-0.05, 0) is 31.6 Å². The largest absolute Gasteiger partial charge is 0.480 e. The van der Waals surface area contributed by atoms with E-state index in [0.717, 1.165) is 38.5 Å². The normalized spacial score (nSPS) is 21.7. The van der Waals surface area contributed by atoms with E-state index in [0.29, 0.717) is 31.3 Å². The van der Waals surface area contributed by atoms with E-state index in [9.17, 15) is 14.7 Å². The van der Waals surface area contributed by atoms with Crippen LogP contribution in [0.5, 0.6) is 0 Å². The van der Waals surface area contributed by atoms with Crippen LogP contribution in [-0.4, -0.2) is 40.1 Å². The summed E-state index contributed by atoms with van der Waals surface area (Å²) in [5, 5.41) is 12.5. The Hall–Kier alpha value is -1.26. The highest BCUT2D eigenvalue weighted by atomic mass is 16.4. The Morgan fingerprint density at radius 1 is 1.19 bits per heavy atom. The molecule has 21 heavy (non-hydrogen) atoms. The van der Waals surface area contributed by atoms with E-state index in [1.807, 2.05) is 4.90 Å². The molecule has 0 aromatic carbocycles. The molecule has 0 spiro atoms. The fourth-order valence-electron chi connectivity index (χ4n) is 3.18. The molecule has 0 aromatic heterocycles. The van der Waals surface area contributed by atoms with Gasteiger partial charge in [-0.2, -0.15) is 0 Å². The number of aliphatic carboxylic acids is 1. The molecule has 2 N–H and O–H groups in total. The summed E-state index contributed by atoms with van der Waals surface area (Å²) in [5.41, 5.74) is -1.06. The average Bonchev–Trinajstić information content (AvgIpc) is 3.23. The van der Waals surface area contributed by atoms with Gasteiger partial charge in [0.05, 0.1) is 0 Å². The fraction of sp³-hybridized carbons (Fsp3) is 0.875. The third-order valence-electron chi connectivity index (χ3n) is 4.52. The highest BCUT2D eigenvalue weighted by Gasteiger charge is 2.43. The van der Waals surface area contributed by atoms with Crippen LogP contribution in [-0.2, 0) is 4.79 Å². The second-order valence-electron chi connectivity index (χ2n) is 7.01. The molecule has 0 aromatic rings. The molecule has 0 unspecified atom stereocenters. The number of urea groups is 1. The van der Waals surface area contributed by atoms with Gasteiger partial charge in [0.25, 0.3) is 0 Å². The highest BCUT2D eigenvalue weighted by Crippen LogP contribution is 2.31. The maximum Gasteiger partial charge on any atom is 0.329 e. The van der Waals surface area contributed by atoms with Gasteiger partial charge < -0.3 is 15.3 Å². The molecule has 0 aliphatic heterocycles. The van der Waals surface area contributed by atoms with Crippen LogP contribution in [0.3, 0.4) is 0 Å². The van der Waals surface area contributed by atoms with Crippen molar-refractivity contribution in [1.82, 2.24) is 10.2 Å². The first-order valence-electron chi connectivity index (χ1n) is 8.27. The van der Waals surface area contributed by atoms with E-state index in [1.165, 1.54) is 0 Å². The molecule has 2 fully saturated rings. The standard InChI is InChI=1S/C16H28N2O3/c1-12(2)11-18(13-7-8-13)15(21)17-16(14(19)20)9-5-3-4-6-10-16/h12-13H,3-11H2,1-2H3,(H,17,21)(H,19,20). The summed E-state index contributed by atoms with van der Waals surface area (Å²) in [4.78, 5) is 26.2. The van der Waals surface area contributed by atoms with Crippen molar-refractivity contribution in [2.24, 2.45) is 5.92 Å². The van der Waals surface area contributed by atoms with Gasteiger partial charge in [-0.3, -0.25) is 0 Å². The number of hydrogen-bond acceptors (Lipinski definition) is 2. The third kappa shape index (κ3) is 4.11. The summed E-state index contributed by atoms with van der Waals surface area (Å²) in [6.07, 6.45) is 7.05. The Balaban J connectivity index is 2.07. The number of nitrogens with zero attached hydrogens (tertiary/aromatic N) is 1. The maximum absolute atomic E-state index is 12.6. The Kier molecular flexibility index (Phi) is 5.12. The molecular weight excluding hydrogens is 268 g/mol. The van der Waals surface area contributed by atoms with E-state index in [2.05, 4.69) is 19.2 Å². The predicted octanol–water partition coefficient (Wildman–Crippen LogP) is 2.99. The zero-order valence-electron chi connectivity index (χ0n) is 13.2. The topological polar surface area (TPSA) is 69.6 Å². The number of carbonyl (C=O) groups is 2. The predicted molar refractivity (Wildman–Crippen MR) is 81.2 cm³/mol. The van der Waals surface area contributed by atoms with E-state index in [4.69, 9.17) is 0 Å². The lowest BCUT2D eigenvalue weighted by atomic mass is 9.90. The summed E-state index contributed by atoms with van der Waals surface area (Å²) in [7, 11) is 0. The third-order valence-corrected chi connectivity index (χ3v) is 4.52. The highest BCUT2D eigenvalue weighted by molar-refractivity contribution is 5.86. The van der Waals surface area contributed by atoms with Crippen molar-refractivity contribution in [2.45, 2.75) is 76.8 Å². The number of carbonyl (C=O) groups excluding carboxylic acids is 1. The van der Waals surface area contributed by atoms with Gasteiger partial charge in [0, 0.05) is 12.6 Å².